The van der Waals surface area contributed by atoms with Crippen LogP contribution in [0.3, 0.4) is 0 Å². The summed E-state index contributed by atoms with van der Waals surface area (Å²) < 4.78 is 13.2. The average Bonchev–Trinajstić information content (AvgIpc) is 2.25. The molecule has 0 atom stereocenters. The second-order valence-corrected chi connectivity index (χ2v) is 3.92. The van der Waals surface area contributed by atoms with E-state index in [1.165, 1.54) is 12.1 Å². The van der Waals surface area contributed by atoms with Gasteiger partial charge in [0.15, 0.2) is 0 Å². The number of hydrogen-bond donors (Lipinski definition) is 1. The van der Waals surface area contributed by atoms with E-state index in [4.69, 9.17) is 0 Å². The molecular formula is C11H16FN3O2. The van der Waals surface area contributed by atoms with Gasteiger partial charge in [0.05, 0.1) is 11.0 Å². The number of nitro benzene ring substituents is 1. The molecule has 0 aliphatic rings. The van der Waals surface area contributed by atoms with Crippen molar-refractivity contribution >= 4 is 5.69 Å². The van der Waals surface area contributed by atoms with Crippen molar-refractivity contribution in [1.29, 1.82) is 0 Å². The van der Waals surface area contributed by atoms with E-state index < -0.39 is 10.7 Å². The first-order valence-corrected chi connectivity index (χ1v) is 5.30. The van der Waals surface area contributed by atoms with Crippen LogP contribution in [0.1, 0.15) is 5.56 Å². The van der Waals surface area contributed by atoms with Crippen molar-refractivity contribution in [1.82, 2.24) is 10.2 Å². The number of halogens is 1. The van der Waals surface area contributed by atoms with Crippen LogP contribution in [-0.4, -0.2) is 37.0 Å². The highest BCUT2D eigenvalue weighted by Crippen LogP contribution is 2.17. The molecule has 1 rings (SSSR count). The van der Waals surface area contributed by atoms with E-state index in [9.17, 15) is 14.5 Å². The number of benzene rings is 1. The van der Waals surface area contributed by atoms with E-state index in [0.717, 1.165) is 19.2 Å². The maximum absolute atomic E-state index is 13.2. The van der Waals surface area contributed by atoms with Crippen LogP contribution in [0.4, 0.5) is 10.1 Å². The number of nitro groups is 1. The maximum Gasteiger partial charge on any atom is 0.272 e. The fourth-order valence-corrected chi connectivity index (χ4v) is 1.52. The molecule has 0 unspecified atom stereocenters. The lowest BCUT2D eigenvalue weighted by Crippen LogP contribution is -2.27. The van der Waals surface area contributed by atoms with Crippen LogP contribution < -0.4 is 5.32 Å². The Labute approximate surface area is 99.4 Å². The van der Waals surface area contributed by atoms with Crippen LogP contribution >= 0.6 is 0 Å². The summed E-state index contributed by atoms with van der Waals surface area (Å²) in [6.07, 6.45) is 0. The molecule has 0 aromatic heterocycles. The SMILES string of the molecule is CNCCN(C)Cc1cc(F)cc([N+](=O)[O-])c1. The molecular weight excluding hydrogens is 225 g/mol. The Hall–Kier alpha value is -1.53. The van der Waals surface area contributed by atoms with Gasteiger partial charge in [-0.25, -0.2) is 4.39 Å². The van der Waals surface area contributed by atoms with Gasteiger partial charge in [-0.1, -0.05) is 0 Å². The standard InChI is InChI=1S/C11H16FN3O2/c1-13-3-4-14(2)8-9-5-10(12)7-11(6-9)15(16)17/h5-7,13H,3-4,8H2,1-2H3. The first-order valence-electron chi connectivity index (χ1n) is 5.30. The molecule has 0 aliphatic heterocycles. The topological polar surface area (TPSA) is 58.4 Å². The molecule has 0 radical (unpaired) electrons. The fraction of sp³-hybridized carbons (Fsp3) is 0.455. The Morgan fingerprint density at radius 3 is 2.76 bits per heavy atom. The van der Waals surface area contributed by atoms with Gasteiger partial charge in [-0.2, -0.15) is 0 Å². The zero-order valence-corrected chi connectivity index (χ0v) is 9.94. The monoisotopic (exact) mass is 241 g/mol. The van der Waals surface area contributed by atoms with Gasteiger partial charge in [-0.15, -0.1) is 0 Å². The van der Waals surface area contributed by atoms with Crippen molar-refractivity contribution in [3.8, 4) is 0 Å². The van der Waals surface area contributed by atoms with Crippen molar-refractivity contribution in [2.24, 2.45) is 0 Å². The summed E-state index contributed by atoms with van der Waals surface area (Å²) >= 11 is 0. The molecule has 94 valence electrons. The highest BCUT2D eigenvalue weighted by atomic mass is 19.1. The van der Waals surface area contributed by atoms with Gasteiger partial charge in [-0.05, 0) is 25.7 Å². The lowest BCUT2D eigenvalue weighted by Gasteiger charge is -2.16. The minimum absolute atomic E-state index is 0.206. The van der Waals surface area contributed by atoms with Crippen LogP contribution in [0.5, 0.6) is 0 Å². The molecule has 1 aromatic carbocycles. The van der Waals surface area contributed by atoms with E-state index in [1.54, 1.807) is 0 Å². The minimum atomic E-state index is -0.583. The van der Waals surface area contributed by atoms with Crippen molar-refractivity contribution < 1.29 is 9.31 Å². The summed E-state index contributed by atoms with van der Waals surface area (Å²) in [5, 5.41) is 13.6. The molecule has 0 amide bonds. The third-order valence-corrected chi connectivity index (χ3v) is 2.35. The van der Waals surface area contributed by atoms with Gasteiger partial charge in [0, 0.05) is 25.7 Å². The zero-order valence-electron chi connectivity index (χ0n) is 9.94. The van der Waals surface area contributed by atoms with E-state index in [1.807, 2.05) is 19.0 Å². The Morgan fingerprint density at radius 2 is 2.18 bits per heavy atom. The summed E-state index contributed by atoms with van der Waals surface area (Å²) in [5.41, 5.74) is 0.400. The normalized spacial score (nSPS) is 10.8. The van der Waals surface area contributed by atoms with Gasteiger partial charge in [0.2, 0.25) is 0 Å². The van der Waals surface area contributed by atoms with Crippen LogP contribution in [0.15, 0.2) is 18.2 Å². The van der Waals surface area contributed by atoms with Crippen molar-refractivity contribution in [2.75, 3.05) is 27.2 Å². The van der Waals surface area contributed by atoms with Gasteiger partial charge < -0.3 is 10.2 Å². The summed E-state index contributed by atoms with van der Waals surface area (Å²) in [7, 11) is 3.73. The third kappa shape index (κ3) is 4.46. The third-order valence-electron chi connectivity index (χ3n) is 2.35. The Kier molecular flexibility index (Phi) is 4.99. The summed E-state index contributed by atoms with van der Waals surface area (Å²) in [6, 6.07) is 3.65. The fourth-order valence-electron chi connectivity index (χ4n) is 1.52. The van der Waals surface area contributed by atoms with Gasteiger partial charge in [0.25, 0.3) is 5.69 Å². The van der Waals surface area contributed by atoms with Crippen LogP contribution in [-0.2, 0) is 6.54 Å². The molecule has 1 aromatic rings. The summed E-state index contributed by atoms with van der Waals surface area (Å²) in [6.45, 7) is 2.09. The molecule has 0 saturated carbocycles. The van der Waals surface area contributed by atoms with Crippen molar-refractivity contribution in [3.05, 3.63) is 39.7 Å². The lowest BCUT2D eigenvalue weighted by molar-refractivity contribution is -0.385. The number of nitrogens with one attached hydrogen (secondary N) is 1. The van der Waals surface area contributed by atoms with Gasteiger partial charge in [0.1, 0.15) is 5.82 Å². The Bertz CT molecular complexity index is 398. The van der Waals surface area contributed by atoms with E-state index in [2.05, 4.69) is 5.32 Å². The number of hydrogen-bond acceptors (Lipinski definition) is 4. The molecule has 0 bridgehead atoms. The van der Waals surface area contributed by atoms with Gasteiger partial charge >= 0.3 is 0 Å². The van der Waals surface area contributed by atoms with Crippen LogP contribution in [0.25, 0.3) is 0 Å². The highest BCUT2D eigenvalue weighted by molar-refractivity contribution is 5.35. The van der Waals surface area contributed by atoms with E-state index >= 15 is 0 Å². The van der Waals surface area contributed by atoms with Gasteiger partial charge in [-0.3, -0.25) is 10.1 Å². The number of nitrogens with zero attached hydrogens (tertiary/aromatic N) is 2. The summed E-state index contributed by atoms with van der Waals surface area (Å²) in [5.74, 6) is -0.573. The highest BCUT2D eigenvalue weighted by Gasteiger charge is 2.10. The Morgan fingerprint density at radius 1 is 1.47 bits per heavy atom. The van der Waals surface area contributed by atoms with Crippen LogP contribution in [0.2, 0.25) is 0 Å². The molecule has 0 fully saturated rings. The predicted molar refractivity (Wildman–Crippen MR) is 63.3 cm³/mol. The number of non-ortho nitro benzene ring substituents is 1. The second-order valence-electron chi connectivity index (χ2n) is 3.92. The second kappa shape index (κ2) is 6.27. The molecule has 17 heavy (non-hydrogen) atoms. The van der Waals surface area contributed by atoms with Crippen LogP contribution in [0, 0.1) is 15.9 Å². The molecule has 0 heterocycles. The molecule has 0 aliphatic carbocycles. The smallest absolute Gasteiger partial charge is 0.272 e. The number of likely N-dealkylation sites (N-methyl/N-ethyl adjacent to an activating group) is 2. The molecule has 0 spiro atoms. The summed E-state index contributed by atoms with van der Waals surface area (Å²) in [4.78, 5) is 12.0. The predicted octanol–water partition coefficient (Wildman–Crippen LogP) is 1.39. The molecule has 5 nitrogen and oxygen atoms in total. The first-order chi connectivity index (χ1) is 8.02. The van der Waals surface area contributed by atoms with E-state index in [0.29, 0.717) is 12.1 Å². The average molecular weight is 241 g/mol. The minimum Gasteiger partial charge on any atom is -0.318 e. The van der Waals surface area contributed by atoms with E-state index in [-0.39, 0.29) is 5.69 Å². The van der Waals surface area contributed by atoms with Crippen molar-refractivity contribution in [2.45, 2.75) is 6.54 Å². The lowest BCUT2D eigenvalue weighted by atomic mass is 10.2. The largest absolute Gasteiger partial charge is 0.318 e. The Balaban J connectivity index is 2.73. The quantitative estimate of drug-likeness (QED) is 0.604. The number of rotatable bonds is 6. The molecule has 1 N–H and O–H groups in total. The first kappa shape index (κ1) is 13.5. The molecule has 6 heteroatoms. The zero-order chi connectivity index (χ0) is 12.8. The maximum atomic E-state index is 13.2. The molecule has 0 saturated heterocycles. The van der Waals surface area contributed by atoms with Crippen molar-refractivity contribution in [3.63, 3.8) is 0 Å².